The van der Waals surface area contributed by atoms with Crippen LogP contribution < -0.4 is 4.90 Å². The highest BCUT2D eigenvalue weighted by Crippen LogP contribution is 2.29. The molecule has 118 valence electrons. The molecule has 1 N–H and O–H groups in total. The van der Waals surface area contributed by atoms with Gasteiger partial charge in [0.25, 0.3) is 0 Å². The molecular formula is C16H21N3O3. The topological polar surface area (TPSA) is 73.7 Å². The summed E-state index contributed by atoms with van der Waals surface area (Å²) in [6.07, 6.45) is 1.88. The Labute approximate surface area is 129 Å². The van der Waals surface area contributed by atoms with Crippen LogP contribution in [0.3, 0.4) is 0 Å². The number of piperidine rings is 1. The van der Waals surface area contributed by atoms with Crippen molar-refractivity contribution in [2.75, 3.05) is 31.1 Å². The van der Waals surface area contributed by atoms with E-state index in [9.17, 15) is 9.59 Å². The molecule has 0 aromatic carbocycles. The van der Waals surface area contributed by atoms with Gasteiger partial charge in [0.05, 0.1) is 5.92 Å². The molecule has 6 nitrogen and oxygen atoms in total. The Morgan fingerprint density at radius 2 is 1.91 bits per heavy atom. The standard InChI is InChI=1S/C16H21N3O3/c1-11(20)18-7-5-12(6-8-18)14-3-2-4-15(17-14)19-9-13(10-19)16(21)22/h2-4,12-13H,5-10H2,1H3,(H,21,22). The number of carbonyl (C=O) groups is 2. The fourth-order valence-electron chi connectivity index (χ4n) is 3.16. The molecule has 3 heterocycles. The van der Waals surface area contributed by atoms with E-state index >= 15 is 0 Å². The third kappa shape index (κ3) is 2.91. The Morgan fingerprint density at radius 1 is 1.23 bits per heavy atom. The van der Waals surface area contributed by atoms with E-state index in [1.807, 2.05) is 28.0 Å². The number of carboxylic acid groups (broad SMARTS) is 1. The summed E-state index contributed by atoms with van der Waals surface area (Å²) in [7, 11) is 0. The second-order valence-corrected chi connectivity index (χ2v) is 6.14. The highest BCUT2D eigenvalue weighted by atomic mass is 16.4. The van der Waals surface area contributed by atoms with Crippen LogP contribution in [0.5, 0.6) is 0 Å². The number of hydrogen-bond acceptors (Lipinski definition) is 4. The molecule has 0 aliphatic carbocycles. The molecule has 0 bridgehead atoms. The Bertz CT molecular complexity index is 576. The molecule has 2 aliphatic rings. The first-order chi connectivity index (χ1) is 10.5. The Kier molecular flexibility index (Phi) is 4.00. The molecule has 0 radical (unpaired) electrons. The lowest BCUT2D eigenvalue weighted by molar-refractivity contribution is -0.142. The normalized spacial score (nSPS) is 19.9. The quantitative estimate of drug-likeness (QED) is 0.912. The lowest BCUT2D eigenvalue weighted by Crippen LogP contribution is -2.50. The molecule has 22 heavy (non-hydrogen) atoms. The maximum Gasteiger partial charge on any atom is 0.310 e. The van der Waals surface area contributed by atoms with Crippen LogP contribution >= 0.6 is 0 Å². The highest BCUT2D eigenvalue weighted by Gasteiger charge is 2.33. The van der Waals surface area contributed by atoms with E-state index in [0.717, 1.165) is 37.4 Å². The SMILES string of the molecule is CC(=O)N1CCC(c2cccc(N3CC(C(=O)O)C3)n2)CC1. The number of amides is 1. The fourth-order valence-corrected chi connectivity index (χ4v) is 3.16. The summed E-state index contributed by atoms with van der Waals surface area (Å²) in [5.41, 5.74) is 1.06. The average molecular weight is 303 g/mol. The van der Waals surface area contributed by atoms with Crippen molar-refractivity contribution in [3.8, 4) is 0 Å². The van der Waals surface area contributed by atoms with Crippen molar-refractivity contribution in [3.05, 3.63) is 23.9 Å². The van der Waals surface area contributed by atoms with E-state index in [0.29, 0.717) is 19.0 Å². The fraction of sp³-hybridized carbons (Fsp3) is 0.562. The molecule has 3 rings (SSSR count). The summed E-state index contributed by atoms with van der Waals surface area (Å²) in [6, 6.07) is 5.96. The summed E-state index contributed by atoms with van der Waals surface area (Å²) in [4.78, 5) is 30.9. The van der Waals surface area contributed by atoms with Crippen molar-refractivity contribution in [3.63, 3.8) is 0 Å². The van der Waals surface area contributed by atoms with Crippen LogP contribution in [0.1, 0.15) is 31.4 Å². The van der Waals surface area contributed by atoms with Gasteiger partial charge in [0.15, 0.2) is 0 Å². The minimum atomic E-state index is -0.732. The third-order valence-corrected chi connectivity index (χ3v) is 4.67. The predicted molar refractivity (Wildman–Crippen MR) is 81.8 cm³/mol. The van der Waals surface area contributed by atoms with Crippen molar-refractivity contribution < 1.29 is 14.7 Å². The van der Waals surface area contributed by atoms with Gasteiger partial charge in [-0.3, -0.25) is 9.59 Å². The number of aromatic nitrogens is 1. The summed E-state index contributed by atoms with van der Waals surface area (Å²) < 4.78 is 0. The maximum atomic E-state index is 11.4. The molecule has 2 saturated heterocycles. The molecule has 1 aromatic rings. The average Bonchev–Trinajstić information content (AvgIpc) is 2.46. The van der Waals surface area contributed by atoms with Crippen LogP contribution in [0.2, 0.25) is 0 Å². The van der Waals surface area contributed by atoms with Gasteiger partial charge < -0.3 is 14.9 Å². The summed E-state index contributed by atoms with van der Waals surface area (Å²) >= 11 is 0. The second-order valence-electron chi connectivity index (χ2n) is 6.14. The minimum absolute atomic E-state index is 0.139. The lowest BCUT2D eigenvalue weighted by Gasteiger charge is -2.38. The number of aliphatic carboxylic acids is 1. The van der Waals surface area contributed by atoms with Gasteiger partial charge in [0.1, 0.15) is 5.82 Å². The number of pyridine rings is 1. The molecule has 0 unspecified atom stereocenters. The molecule has 0 saturated carbocycles. The van der Waals surface area contributed by atoms with Crippen molar-refractivity contribution in [2.24, 2.45) is 5.92 Å². The van der Waals surface area contributed by atoms with Gasteiger partial charge in [-0.15, -0.1) is 0 Å². The van der Waals surface area contributed by atoms with E-state index in [1.54, 1.807) is 6.92 Å². The largest absolute Gasteiger partial charge is 0.481 e. The van der Waals surface area contributed by atoms with Crippen molar-refractivity contribution in [1.29, 1.82) is 0 Å². The monoisotopic (exact) mass is 303 g/mol. The number of rotatable bonds is 3. The van der Waals surface area contributed by atoms with E-state index < -0.39 is 5.97 Å². The zero-order valence-corrected chi connectivity index (χ0v) is 12.7. The molecule has 2 fully saturated rings. The number of hydrogen-bond donors (Lipinski definition) is 1. The van der Waals surface area contributed by atoms with Crippen LogP contribution in [0, 0.1) is 5.92 Å². The number of anilines is 1. The highest BCUT2D eigenvalue weighted by molar-refractivity contribution is 5.74. The number of carboxylic acids is 1. The van der Waals surface area contributed by atoms with E-state index in [4.69, 9.17) is 10.1 Å². The first-order valence-corrected chi connectivity index (χ1v) is 7.75. The summed E-state index contributed by atoms with van der Waals surface area (Å²) in [5, 5.41) is 8.95. The van der Waals surface area contributed by atoms with Crippen molar-refractivity contribution in [1.82, 2.24) is 9.88 Å². The van der Waals surface area contributed by atoms with E-state index in [-0.39, 0.29) is 11.8 Å². The van der Waals surface area contributed by atoms with Gasteiger partial charge in [-0.05, 0) is 25.0 Å². The van der Waals surface area contributed by atoms with E-state index in [2.05, 4.69) is 0 Å². The molecule has 1 amide bonds. The first-order valence-electron chi connectivity index (χ1n) is 7.75. The van der Waals surface area contributed by atoms with E-state index in [1.165, 1.54) is 0 Å². The predicted octanol–water partition coefficient (Wildman–Crippen LogP) is 1.33. The summed E-state index contributed by atoms with van der Waals surface area (Å²) in [6.45, 7) is 4.26. The molecule has 1 aromatic heterocycles. The maximum absolute atomic E-state index is 11.4. The lowest BCUT2D eigenvalue weighted by atomic mass is 9.93. The zero-order valence-electron chi connectivity index (χ0n) is 12.7. The van der Waals surface area contributed by atoms with Gasteiger partial charge in [-0.2, -0.15) is 0 Å². The van der Waals surface area contributed by atoms with Gasteiger partial charge in [-0.25, -0.2) is 4.98 Å². The Hall–Kier alpha value is -2.11. The third-order valence-electron chi connectivity index (χ3n) is 4.67. The Balaban J connectivity index is 1.63. The van der Waals surface area contributed by atoms with Crippen LogP contribution in [0.25, 0.3) is 0 Å². The van der Waals surface area contributed by atoms with Gasteiger partial charge in [-0.1, -0.05) is 6.07 Å². The van der Waals surface area contributed by atoms with Crippen molar-refractivity contribution in [2.45, 2.75) is 25.7 Å². The number of nitrogens with zero attached hydrogens (tertiary/aromatic N) is 3. The van der Waals surface area contributed by atoms with Crippen LogP contribution in [-0.4, -0.2) is 53.0 Å². The van der Waals surface area contributed by atoms with Crippen molar-refractivity contribution >= 4 is 17.7 Å². The van der Waals surface area contributed by atoms with Gasteiger partial charge in [0, 0.05) is 44.7 Å². The second kappa shape index (κ2) is 5.94. The molecule has 2 aliphatic heterocycles. The minimum Gasteiger partial charge on any atom is -0.481 e. The summed E-state index contributed by atoms with van der Waals surface area (Å²) in [5.74, 6) is 0.379. The molecule has 0 spiro atoms. The molecule has 6 heteroatoms. The van der Waals surface area contributed by atoms with Gasteiger partial charge >= 0.3 is 5.97 Å². The van der Waals surface area contributed by atoms with Crippen LogP contribution in [0.4, 0.5) is 5.82 Å². The smallest absolute Gasteiger partial charge is 0.310 e. The molecular weight excluding hydrogens is 282 g/mol. The molecule has 0 atom stereocenters. The zero-order chi connectivity index (χ0) is 15.7. The first kappa shape index (κ1) is 14.8. The Morgan fingerprint density at radius 3 is 2.50 bits per heavy atom. The number of carbonyl (C=O) groups excluding carboxylic acids is 1. The number of likely N-dealkylation sites (tertiary alicyclic amines) is 1. The van der Waals surface area contributed by atoms with Gasteiger partial charge in [0.2, 0.25) is 5.91 Å². The van der Waals surface area contributed by atoms with Crippen LogP contribution in [-0.2, 0) is 9.59 Å². The van der Waals surface area contributed by atoms with Crippen LogP contribution in [0.15, 0.2) is 18.2 Å².